The van der Waals surface area contributed by atoms with Crippen LogP contribution in [0.25, 0.3) is 0 Å². The molecule has 0 aliphatic carbocycles. The predicted octanol–water partition coefficient (Wildman–Crippen LogP) is -2.62. The first-order chi connectivity index (χ1) is 11.4. The molecule has 14 nitrogen and oxygen atoms in total. The number of H-pyrrole nitrogens is 1. The van der Waals surface area contributed by atoms with Crippen LogP contribution in [0, 0.1) is 0 Å². The molecule has 2 heterocycles. The summed E-state index contributed by atoms with van der Waals surface area (Å²) < 4.78 is 35.6. The number of phosphoric acid groups is 2. The number of phosphoric ester groups is 1. The second kappa shape index (κ2) is 7.21. The lowest BCUT2D eigenvalue weighted by Gasteiger charge is -2.17. The summed E-state index contributed by atoms with van der Waals surface area (Å²) in [5.41, 5.74) is -1.65. The lowest BCUT2D eigenvalue weighted by molar-refractivity contribution is -0.0542. The molecule has 2 rings (SSSR count). The topological polar surface area (TPSA) is 218 Å². The zero-order valence-corrected chi connectivity index (χ0v) is 13.9. The Morgan fingerprint density at radius 1 is 1.20 bits per heavy atom. The Balaban J connectivity index is 2.09. The average Bonchev–Trinajstić information content (AvgIpc) is 2.71. The molecule has 25 heavy (non-hydrogen) atoms. The predicted molar refractivity (Wildman–Crippen MR) is 76.2 cm³/mol. The monoisotopic (exact) mass is 404 g/mol. The fraction of sp³-hybridized carbons (Fsp3) is 0.556. The van der Waals surface area contributed by atoms with Gasteiger partial charge in [0.15, 0.2) is 6.23 Å². The molecule has 1 aromatic rings. The standard InChI is InChI=1S/C9H14N2O12P2/c12-5-1-2-11(9(15)10-5)8-7(14)6(13)4(22-8)3-21-25(19,20)23-24(16,17)18/h1-2,4,6-8,13-14H,3H2,(H,19,20)(H,10,12,15)(H2,16,17,18)/t4-,6-,7+,8+/m1/s1. The molecule has 5 atom stereocenters. The molecule has 1 fully saturated rings. The molecule has 1 unspecified atom stereocenters. The number of rotatable bonds is 6. The molecule has 0 bridgehead atoms. The highest BCUT2D eigenvalue weighted by molar-refractivity contribution is 7.60. The van der Waals surface area contributed by atoms with E-state index in [0.29, 0.717) is 0 Å². The van der Waals surface area contributed by atoms with Gasteiger partial charge in [-0.15, -0.1) is 0 Å². The van der Waals surface area contributed by atoms with Gasteiger partial charge in [0.05, 0.1) is 6.61 Å². The van der Waals surface area contributed by atoms with Crippen molar-refractivity contribution in [3.8, 4) is 0 Å². The zero-order chi connectivity index (χ0) is 19.0. The minimum absolute atomic E-state index is 0.704. The highest BCUT2D eigenvalue weighted by Gasteiger charge is 2.45. The lowest BCUT2D eigenvalue weighted by atomic mass is 10.1. The largest absolute Gasteiger partial charge is 0.481 e. The molecule has 0 radical (unpaired) electrons. The maximum Gasteiger partial charge on any atom is 0.481 e. The van der Waals surface area contributed by atoms with Crippen molar-refractivity contribution in [3.63, 3.8) is 0 Å². The Hall–Kier alpha value is -1.18. The Bertz CT molecular complexity index is 828. The summed E-state index contributed by atoms with van der Waals surface area (Å²) in [5.74, 6) is 0. The van der Waals surface area contributed by atoms with E-state index in [2.05, 4.69) is 8.83 Å². The molecule has 0 spiro atoms. The molecule has 16 heteroatoms. The van der Waals surface area contributed by atoms with Crippen LogP contribution in [-0.2, 0) is 22.7 Å². The third kappa shape index (κ3) is 5.15. The van der Waals surface area contributed by atoms with Crippen molar-refractivity contribution in [3.05, 3.63) is 33.1 Å². The van der Waals surface area contributed by atoms with Crippen LogP contribution >= 0.6 is 15.6 Å². The Labute approximate surface area is 138 Å². The normalized spacial score (nSPS) is 29.5. The van der Waals surface area contributed by atoms with Crippen molar-refractivity contribution < 1.29 is 47.6 Å². The highest BCUT2D eigenvalue weighted by atomic mass is 31.3. The summed E-state index contributed by atoms with van der Waals surface area (Å²) in [6.45, 7) is -0.902. The Morgan fingerprint density at radius 3 is 2.40 bits per heavy atom. The lowest BCUT2D eigenvalue weighted by Crippen LogP contribution is -2.37. The molecule has 1 saturated heterocycles. The Kier molecular flexibility index (Phi) is 5.81. The van der Waals surface area contributed by atoms with Crippen LogP contribution in [0.15, 0.2) is 21.9 Å². The van der Waals surface area contributed by atoms with Gasteiger partial charge in [0.1, 0.15) is 18.3 Å². The summed E-state index contributed by atoms with van der Waals surface area (Å²) in [4.78, 5) is 50.7. The van der Waals surface area contributed by atoms with Crippen LogP contribution < -0.4 is 11.2 Å². The van der Waals surface area contributed by atoms with E-state index >= 15 is 0 Å². The molecule has 0 saturated carbocycles. The number of aromatic amines is 1. The van der Waals surface area contributed by atoms with E-state index in [-0.39, 0.29) is 0 Å². The number of nitrogens with zero attached hydrogens (tertiary/aromatic N) is 1. The third-order valence-corrected chi connectivity index (χ3v) is 5.23. The third-order valence-electron chi connectivity index (χ3n) is 3.07. The first-order valence-corrected chi connectivity index (χ1v) is 9.49. The second-order valence-electron chi connectivity index (χ2n) is 4.90. The van der Waals surface area contributed by atoms with E-state index in [4.69, 9.17) is 19.4 Å². The average molecular weight is 404 g/mol. The fourth-order valence-electron chi connectivity index (χ4n) is 2.05. The fourth-order valence-corrected chi connectivity index (χ4v) is 3.65. The number of hydrogen-bond donors (Lipinski definition) is 6. The van der Waals surface area contributed by atoms with Crippen molar-refractivity contribution in [1.82, 2.24) is 9.55 Å². The first-order valence-electron chi connectivity index (χ1n) is 6.47. The van der Waals surface area contributed by atoms with Gasteiger partial charge in [0, 0.05) is 12.3 Å². The van der Waals surface area contributed by atoms with E-state index in [1.54, 1.807) is 0 Å². The molecular formula is C9H14N2O12P2. The molecule has 1 aliphatic heterocycles. The van der Waals surface area contributed by atoms with Gasteiger partial charge >= 0.3 is 21.3 Å². The SMILES string of the molecule is O=c1ccn([C@H]2O[C@H](COP(=O)(O)OP(=O)(O)O)[C@@H](O)[C@@H]2O)c(=O)[nH]1. The van der Waals surface area contributed by atoms with E-state index in [9.17, 15) is 28.9 Å². The minimum atomic E-state index is -5.32. The summed E-state index contributed by atoms with van der Waals surface area (Å²) in [6.07, 6.45) is -5.25. The van der Waals surface area contributed by atoms with Gasteiger partial charge in [-0.3, -0.25) is 18.9 Å². The van der Waals surface area contributed by atoms with Crippen molar-refractivity contribution >= 4 is 15.6 Å². The van der Waals surface area contributed by atoms with Crippen LogP contribution in [-0.4, -0.2) is 59.4 Å². The molecule has 142 valence electrons. The molecule has 1 aromatic heterocycles. The number of aliphatic hydroxyl groups is 2. The summed E-state index contributed by atoms with van der Waals surface area (Å²) in [6, 6.07) is 0.962. The number of ether oxygens (including phenoxy) is 1. The van der Waals surface area contributed by atoms with Crippen LogP contribution in [0.3, 0.4) is 0 Å². The summed E-state index contributed by atoms with van der Waals surface area (Å²) in [5, 5.41) is 19.8. The molecular weight excluding hydrogens is 390 g/mol. The number of aromatic nitrogens is 2. The number of nitrogens with one attached hydrogen (secondary N) is 1. The van der Waals surface area contributed by atoms with Gasteiger partial charge in [-0.1, -0.05) is 0 Å². The summed E-state index contributed by atoms with van der Waals surface area (Å²) in [7, 11) is -10.5. The van der Waals surface area contributed by atoms with Crippen LogP contribution in [0.2, 0.25) is 0 Å². The van der Waals surface area contributed by atoms with Crippen molar-refractivity contribution in [2.75, 3.05) is 6.61 Å². The van der Waals surface area contributed by atoms with E-state index in [1.807, 2.05) is 4.98 Å². The van der Waals surface area contributed by atoms with E-state index < -0.39 is 58.0 Å². The van der Waals surface area contributed by atoms with Crippen LogP contribution in [0.1, 0.15) is 6.23 Å². The molecule has 6 N–H and O–H groups in total. The van der Waals surface area contributed by atoms with Gasteiger partial charge in [-0.05, 0) is 0 Å². The van der Waals surface area contributed by atoms with E-state index in [0.717, 1.165) is 16.8 Å². The zero-order valence-electron chi connectivity index (χ0n) is 12.1. The van der Waals surface area contributed by atoms with Gasteiger partial charge in [0.2, 0.25) is 0 Å². The quantitative estimate of drug-likeness (QED) is 0.269. The molecule has 1 aliphatic rings. The summed E-state index contributed by atoms with van der Waals surface area (Å²) >= 11 is 0. The number of aliphatic hydroxyl groups excluding tert-OH is 2. The van der Waals surface area contributed by atoms with Crippen molar-refractivity contribution in [2.45, 2.75) is 24.5 Å². The van der Waals surface area contributed by atoms with E-state index in [1.165, 1.54) is 0 Å². The Morgan fingerprint density at radius 2 is 1.84 bits per heavy atom. The molecule has 0 amide bonds. The van der Waals surface area contributed by atoms with Gasteiger partial charge < -0.3 is 29.6 Å². The van der Waals surface area contributed by atoms with Gasteiger partial charge in [0.25, 0.3) is 5.56 Å². The second-order valence-corrected chi connectivity index (χ2v) is 7.73. The maximum absolute atomic E-state index is 11.7. The minimum Gasteiger partial charge on any atom is -0.387 e. The van der Waals surface area contributed by atoms with Crippen LogP contribution in [0.4, 0.5) is 0 Å². The van der Waals surface area contributed by atoms with Crippen molar-refractivity contribution in [2.24, 2.45) is 0 Å². The maximum atomic E-state index is 11.7. The highest BCUT2D eigenvalue weighted by Crippen LogP contribution is 2.57. The first kappa shape index (κ1) is 20.1. The van der Waals surface area contributed by atoms with Crippen molar-refractivity contribution in [1.29, 1.82) is 0 Å². The smallest absolute Gasteiger partial charge is 0.387 e. The van der Waals surface area contributed by atoms with Gasteiger partial charge in [-0.2, -0.15) is 4.31 Å². The van der Waals surface area contributed by atoms with Gasteiger partial charge in [-0.25, -0.2) is 13.9 Å². The van der Waals surface area contributed by atoms with Crippen LogP contribution in [0.5, 0.6) is 0 Å². The number of hydrogen-bond acceptors (Lipinski definition) is 9. The molecule has 0 aromatic carbocycles.